The number of nitrogens with zero attached hydrogens (tertiary/aromatic N) is 3. The molecule has 0 radical (unpaired) electrons. The molecule has 1 N–H and O–H groups in total. The average molecular weight is 396 g/mol. The fourth-order valence-electron chi connectivity index (χ4n) is 2.95. The first-order valence-electron chi connectivity index (χ1n) is 8.69. The van der Waals surface area contributed by atoms with E-state index in [1.807, 2.05) is 42.1 Å². The molecule has 0 fully saturated rings. The van der Waals surface area contributed by atoms with Crippen molar-refractivity contribution in [1.82, 2.24) is 9.55 Å². The zero-order valence-corrected chi connectivity index (χ0v) is 16.2. The Balaban J connectivity index is 2.07. The number of imidazole rings is 1. The molecule has 3 aromatic rings. The van der Waals surface area contributed by atoms with Crippen LogP contribution in [0, 0.1) is 10.1 Å². The Kier molecular flexibility index (Phi) is 5.77. The highest BCUT2D eigenvalue weighted by molar-refractivity contribution is 5.96. The van der Waals surface area contributed by atoms with E-state index in [-0.39, 0.29) is 11.3 Å². The predicted octanol–water partition coefficient (Wildman–Crippen LogP) is 3.33. The molecule has 0 saturated heterocycles. The van der Waals surface area contributed by atoms with Crippen LogP contribution in [0.2, 0.25) is 0 Å². The van der Waals surface area contributed by atoms with Gasteiger partial charge in [-0.25, -0.2) is 9.78 Å². The topological polar surface area (TPSA) is 109 Å². The number of nitro groups is 1. The molecule has 1 heterocycles. The van der Waals surface area contributed by atoms with E-state index in [2.05, 4.69) is 10.3 Å². The molecule has 0 bridgehead atoms. The van der Waals surface area contributed by atoms with Crippen molar-refractivity contribution in [3.05, 3.63) is 81.9 Å². The number of aromatic nitrogens is 2. The second-order valence-electron chi connectivity index (χ2n) is 6.23. The van der Waals surface area contributed by atoms with Crippen LogP contribution in [-0.4, -0.2) is 34.7 Å². The highest BCUT2D eigenvalue weighted by Crippen LogP contribution is 2.30. The van der Waals surface area contributed by atoms with Gasteiger partial charge in [-0.1, -0.05) is 12.1 Å². The Morgan fingerprint density at radius 2 is 1.93 bits per heavy atom. The number of nitro benzene ring substituents is 1. The molecule has 0 saturated carbocycles. The number of esters is 1. The number of non-ortho nitro benzene ring substituents is 1. The molecule has 2 aromatic carbocycles. The number of carbonyl (C=O) groups is 1. The fourth-order valence-corrected chi connectivity index (χ4v) is 2.95. The van der Waals surface area contributed by atoms with E-state index < -0.39 is 16.9 Å². The van der Waals surface area contributed by atoms with Crippen LogP contribution in [-0.2, 0) is 11.8 Å². The zero-order chi connectivity index (χ0) is 21.0. The molecule has 1 unspecified atom stereocenters. The first kappa shape index (κ1) is 19.9. The summed E-state index contributed by atoms with van der Waals surface area (Å²) in [6.45, 7) is 0. The molecule has 9 heteroatoms. The maximum Gasteiger partial charge on any atom is 0.340 e. The molecular formula is C20H20N4O5. The number of hydrogen-bond acceptors (Lipinski definition) is 7. The predicted molar refractivity (Wildman–Crippen MR) is 106 cm³/mol. The normalized spacial score (nSPS) is 11.6. The second kappa shape index (κ2) is 8.42. The van der Waals surface area contributed by atoms with E-state index >= 15 is 0 Å². The summed E-state index contributed by atoms with van der Waals surface area (Å²) in [6, 6.07) is 11.0. The SMILES string of the molecule is COC(=O)c1cc([N+](=O)[O-])ccc1NC(c1ccc(OC)cc1)c1nccn1C. The minimum Gasteiger partial charge on any atom is -0.497 e. The van der Waals surface area contributed by atoms with Crippen LogP contribution in [0.4, 0.5) is 11.4 Å². The van der Waals surface area contributed by atoms with Gasteiger partial charge < -0.3 is 19.4 Å². The molecule has 0 aliphatic rings. The van der Waals surface area contributed by atoms with Crippen molar-refractivity contribution < 1.29 is 19.2 Å². The number of benzene rings is 2. The lowest BCUT2D eigenvalue weighted by atomic mass is 10.0. The van der Waals surface area contributed by atoms with E-state index in [0.717, 1.165) is 5.56 Å². The van der Waals surface area contributed by atoms with Crippen molar-refractivity contribution in [2.24, 2.45) is 7.05 Å². The van der Waals surface area contributed by atoms with E-state index in [1.54, 1.807) is 13.3 Å². The van der Waals surface area contributed by atoms with E-state index in [4.69, 9.17) is 9.47 Å². The van der Waals surface area contributed by atoms with Crippen molar-refractivity contribution in [2.75, 3.05) is 19.5 Å². The quantitative estimate of drug-likeness (QED) is 0.371. The Morgan fingerprint density at radius 1 is 1.21 bits per heavy atom. The second-order valence-corrected chi connectivity index (χ2v) is 6.23. The first-order chi connectivity index (χ1) is 13.9. The lowest BCUT2D eigenvalue weighted by molar-refractivity contribution is -0.384. The number of hydrogen-bond donors (Lipinski definition) is 1. The summed E-state index contributed by atoms with van der Waals surface area (Å²) in [5.74, 6) is 0.729. The average Bonchev–Trinajstić information content (AvgIpc) is 3.17. The highest BCUT2D eigenvalue weighted by Gasteiger charge is 2.23. The minimum absolute atomic E-state index is 0.0643. The molecule has 150 valence electrons. The summed E-state index contributed by atoms with van der Waals surface area (Å²) in [6.07, 6.45) is 3.48. The van der Waals surface area contributed by atoms with E-state index in [0.29, 0.717) is 17.3 Å². The molecule has 1 aromatic heterocycles. The number of carbonyl (C=O) groups excluding carboxylic acids is 1. The summed E-state index contributed by atoms with van der Waals surface area (Å²) in [4.78, 5) is 27.2. The summed E-state index contributed by atoms with van der Waals surface area (Å²) in [7, 11) is 4.67. The standard InChI is InChI=1S/C20H20N4O5/c1-23-11-10-21-19(23)18(13-4-7-15(28-2)8-5-13)22-17-9-6-14(24(26)27)12-16(17)20(25)29-3/h4-12,18,22H,1-3H3. The van der Waals surface area contributed by atoms with Crippen LogP contribution < -0.4 is 10.1 Å². The van der Waals surface area contributed by atoms with Crippen molar-refractivity contribution in [3.8, 4) is 5.75 Å². The Bertz CT molecular complexity index is 1030. The van der Waals surface area contributed by atoms with E-state index in [9.17, 15) is 14.9 Å². The molecule has 0 spiro atoms. The van der Waals surface area contributed by atoms with Gasteiger partial charge in [-0.3, -0.25) is 10.1 Å². The van der Waals surface area contributed by atoms with Gasteiger partial charge in [-0.2, -0.15) is 0 Å². The molecule has 9 nitrogen and oxygen atoms in total. The molecule has 0 aliphatic carbocycles. The fraction of sp³-hybridized carbons (Fsp3) is 0.200. The Labute approximate surface area is 167 Å². The van der Waals surface area contributed by atoms with Crippen LogP contribution in [0.3, 0.4) is 0 Å². The van der Waals surface area contributed by atoms with Crippen LogP contribution >= 0.6 is 0 Å². The van der Waals surface area contributed by atoms with Gasteiger partial charge in [-0.05, 0) is 23.8 Å². The first-order valence-corrected chi connectivity index (χ1v) is 8.69. The van der Waals surface area contributed by atoms with Crippen LogP contribution in [0.1, 0.15) is 27.8 Å². The maximum absolute atomic E-state index is 12.2. The van der Waals surface area contributed by atoms with Crippen LogP contribution in [0.15, 0.2) is 54.9 Å². The Morgan fingerprint density at radius 3 is 2.48 bits per heavy atom. The van der Waals surface area contributed by atoms with Crippen LogP contribution in [0.5, 0.6) is 5.75 Å². The zero-order valence-electron chi connectivity index (χ0n) is 16.2. The van der Waals surface area contributed by atoms with E-state index in [1.165, 1.54) is 25.3 Å². The summed E-state index contributed by atoms with van der Waals surface area (Å²) < 4.78 is 11.9. The number of ether oxygens (including phenoxy) is 2. The summed E-state index contributed by atoms with van der Waals surface area (Å²) >= 11 is 0. The van der Waals surface area contributed by atoms with Gasteiger partial charge in [0.2, 0.25) is 0 Å². The van der Waals surface area contributed by atoms with Crippen molar-refractivity contribution in [2.45, 2.75) is 6.04 Å². The summed E-state index contributed by atoms with van der Waals surface area (Å²) in [5, 5.41) is 14.4. The van der Waals surface area contributed by atoms with Crippen molar-refractivity contribution in [3.63, 3.8) is 0 Å². The Hall–Kier alpha value is -3.88. The van der Waals surface area contributed by atoms with Gasteiger partial charge in [0.1, 0.15) is 17.6 Å². The van der Waals surface area contributed by atoms with Crippen molar-refractivity contribution in [1.29, 1.82) is 0 Å². The smallest absolute Gasteiger partial charge is 0.340 e. The molecule has 29 heavy (non-hydrogen) atoms. The largest absolute Gasteiger partial charge is 0.497 e. The lowest BCUT2D eigenvalue weighted by Gasteiger charge is -2.22. The van der Waals surface area contributed by atoms with Gasteiger partial charge in [0.25, 0.3) is 5.69 Å². The molecule has 0 amide bonds. The number of rotatable bonds is 7. The van der Waals surface area contributed by atoms with Gasteiger partial charge in [0, 0.05) is 31.6 Å². The molecule has 3 rings (SSSR count). The van der Waals surface area contributed by atoms with Gasteiger partial charge >= 0.3 is 5.97 Å². The monoisotopic (exact) mass is 396 g/mol. The third-order valence-electron chi connectivity index (χ3n) is 4.48. The maximum atomic E-state index is 12.2. The van der Waals surface area contributed by atoms with Gasteiger partial charge in [-0.15, -0.1) is 0 Å². The van der Waals surface area contributed by atoms with Crippen molar-refractivity contribution >= 4 is 17.3 Å². The molecule has 1 atom stereocenters. The minimum atomic E-state index is -0.676. The number of methoxy groups -OCH3 is 2. The van der Waals surface area contributed by atoms with Crippen LogP contribution in [0.25, 0.3) is 0 Å². The number of anilines is 1. The molecular weight excluding hydrogens is 376 g/mol. The number of nitrogens with one attached hydrogen (secondary N) is 1. The van der Waals surface area contributed by atoms with Gasteiger partial charge in [0.05, 0.1) is 30.4 Å². The summed E-state index contributed by atoms with van der Waals surface area (Å²) in [5.41, 5.74) is 1.13. The molecule has 0 aliphatic heterocycles. The number of aryl methyl sites for hydroxylation is 1. The highest BCUT2D eigenvalue weighted by atomic mass is 16.6. The third kappa shape index (κ3) is 4.18. The lowest BCUT2D eigenvalue weighted by Crippen LogP contribution is -2.19. The third-order valence-corrected chi connectivity index (χ3v) is 4.48. The van der Waals surface area contributed by atoms with Gasteiger partial charge in [0.15, 0.2) is 0 Å².